The minimum Gasteiger partial charge on any atom is -0.399 e. The Hall–Kier alpha value is -1.15. The Morgan fingerprint density at radius 3 is 2.40 bits per heavy atom. The fourth-order valence-corrected chi connectivity index (χ4v) is 2.97. The van der Waals surface area contributed by atoms with Crippen molar-refractivity contribution in [3.8, 4) is 0 Å². The number of rotatable bonds is 6. The maximum atomic E-state index is 6.06. The summed E-state index contributed by atoms with van der Waals surface area (Å²) >= 11 is 0. The van der Waals surface area contributed by atoms with E-state index in [4.69, 9.17) is 14.0 Å². The van der Waals surface area contributed by atoms with Crippen LogP contribution in [0.15, 0.2) is 18.3 Å². The molecule has 0 unspecified atom stereocenters. The minimum atomic E-state index is -0.354. The van der Waals surface area contributed by atoms with Crippen molar-refractivity contribution >= 4 is 18.4 Å². The lowest BCUT2D eigenvalue weighted by Crippen LogP contribution is -2.41. The third kappa shape index (κ3) is 4.53. The molecule has 0 bridgehead atoms. The highest BCUT2D eigenvalue weighted by molar-refractivity contribution is 6.62. The molecule has 2 fully saturated rings. The number of ether oxygens (including phenoxy) is 1. The predicted octanol–water partition coefficient (Wildman–Crippen LogP) is 1.51. The molecule has 1 aromatic rings. The summed E-state index contributed by atoms with van der Waals surface area (Å²) < 4.78 is 17.5. The molecule has 1 N–H and O–H groups in total. The summed E-state index contributed by atoms with van der Waals surface area (Å²) in [6.07, 6.45) is 2.94. The Kier molecular flexibility index (Phi) is 5.68. The Morgan fingerprint density at radius 1 is 1.12 bits per heavy atom. The zero-order valence-electron chi connectivity index (χ0n) is 15.9. The quantitative estimate of drug-likeness (QED) is 0.622. The molecule has 1 aromatic heterocycles. The molecule has 0 radical (unpaired) electrons. The largest absolute Gasteiger partial charge is 0.496 e. The van der Waals surface area contributed by atoms with Gasteiger partial charge < -0.3 is 19.4 Å². The second-order valence-corrected chi connectivity index (χ2v) is 7.80. The summed E-state index contributed by atoms with van der Waals surface area (Å²) in [5.74, 6) is 0.891. The second-order valence-electron chi connectivity index (χ2n) is 7.80. The Bertz CT molecular complexity index is 543. The van der Waals surface area contributed by atoms with Gasteiger partial charge in [0.1, 0.15) is 5.82 Å². The van der Waals surface area contributed by atoms with Gasteiger partial charge in [-0.05, 0) is 46.7 Å². The van der Waals surface area contributed by atoms with Crippen molar-refractivity contribution in [2.45, 2.75) is 45.3 Å². The molecule has 2 aliphatic rings. The predicted molar refractivity (Wildman–Crippen MR) is 100 cm³/mol. The fraction of sp³-hybridized carbons (Fsp3) is 0.722. The van der Waals surface area contributed by atoms with Gasteiger partial charge in [0, 0.05) is 31.3 Å². The molecule has 0 aromatic carbocycles. The monoisotopic (exact) mass is 347 g/mol. The van der Waals surface area contributed by atoms with Crippen molar-refractivity contribution in [2.75, 3.05) is 44.7 Å². The lowest BCUT2D eigenvalue weighted by molar-refractivity contribution is 0.00578. The molecule has 2 aliphatic heterocycles. The number of hydrogen-bond acceptors (Lipinski definition) is 6. The average molecular weight is 347 g/mol. The smallest absolute Gasteiger partial charge is 0.399 e. The third-order valence-electron chi connectivity index (χ3n) is 5.37. The van der Waals surface area contributed by atoms with Crippen LogP contribution in [0.2, 0.25) is 0 Å². The number of anilines is 1. The summed E-state index contributed by atoms with van der Waals surface area (Å²) in [6.45, 7) is 14.1. The van der Waals surface area contributed by atoms with Crippen LogP contribution in [0.25, 0.3) is 0 Å². The van der Waals surface area contributed by atoms with Gasteiger partial charge in [0.05, 0.1) is 24.4 Å². The number of pyridine rings is 1. The van der Waals surface area contributed by atoms with Crippen LogP contribution >= 0.6 is 0 Å². The summed E-state index contributed by atoms with van der Waals surface area (Å²) in [6, 6.07) is 4.02. The molecule has 0 spiro atoms. The summed E-state index contributed by atoms with van der Waals surface area (Å²) in [7, 11) is -0.354. The van der Waals surface area contributed by atoms with Crippen LogP contribution < -0.4 is 10.8 Å². The van der Waals surface area contributed by atoms with Gasteiger partial charge >= 0.3 is 7.12 Å². The minimum absolute atomic E-state index is 0.325. The average Bonchev–Trinajstić information content (AvgIpc) is 2.81. The first kappa shape index (κ1) is 18.6. The van der Waals surface area contributed by atoms with E-state index in [9.17, 15) is 0 Å². The molecule has 3 rings (SSSR count). The van der Waals surface area contributed by atoms with E-state index in [1.54, 1.807) is 0 Å². The van der Waals surface area contributed by atoms with E-state index in [-0.39, 0.29) is 18.3 Å². The molecule has 25 heavy (non-hydrogen) atoms. The van der Waals surface area contributed by atoms with E-state index >= 15 is 0 Å². The lowest BCUT2D eigenvalue weighted by Gasteiger charge is -2.32. The summed E-state index contributed by atoms with van der Waals surface area (Å²) in [5.41, 5.74) is 0.305. The molecule has 0 saturated carbocycles. The van der Waals surface area contributed by atoms with Gasteiger partial charge in [0.15, 0.2) is 0 Å². The first-order chi connectivity index (χ1) is 11.9. The standard InChI is InChI=1S/C18H30BN3O3/c1-17(2)18(3,4)25-19(24-17)15-6-7-16(21-14-15)20-8-5-9-22-10-12-23-13-11-22/h6-7,14H,5,8-13H2,1-4H3,(H,20,21). The van der Waals surface area contributed by atoms with Crippen LogP contribution in [0.1, 0.15) is 34.1 Å². The van der Waals surface area contributed by atoms with Crippen LogP contribution in [-0.4, -0.2) is 67.6 Å². The maximum absolute atomic E-state index is 6.06. The molecule has 0 atom stereocenters. The van der Waals surface area contributed by atoms with Crippen molar-refractivity contribution in [1.29, 1.82) is 0 Å². The van der Waals surface area contributed by atoms with E-state index in [2.05, 4.69) is 42.9 Å². The summed E-state index contributed by atoms with van der Waals surface area (Å²) in [4.78, 5) is 6.94. The van der Waals surface area contributed by atoms with Crippen LogP contribution in [0.4, 0.5) is 5.82 Å². The second kappa shape index (κ2) is 7.62. The van der Waals surface area contributed by atoms with Gasteiger partial charge in [-0.15, -0.1) is 0 Å². The van der Waals surface area contributed by atoms with Crippen LogP contribution in [-0.2, 0) is 14.0 Å². The van der Waals surface area contributed by atoms with E-state index in [1.807, 2.05) is 18.3 Å². The first-order valence-corrected chi connectivity index (χ1v) is 9.23. The zero-order valence-corrected chi connectivity index (χ0v) is 15.9. The molecular formula is C18H30BN3O3. The van der Waals surface area contributed by atoms with Gasteiger partial charge in [-0.1, -0.05) is 6.07 Å². The highest BCUT2D eigenvalue weighted by Crippen LogP contribution is 2.36. The third-order valence-corrected chi connectivity index (χ3v) is 5.37. The van der Waals surface area contributed by atoms with Gasteiger partial charge in [-0.25, -0.2) is 4.98 Å². The van der Waals surface area contributed by atoms with Crippen LogP contribution in [0, 0.1) is 0 Å². The Balaban J connectivity index is 1.45. The van der Waals surface area contributed by atoms with E-state index in [0.717, 1.165) is 57.1 Å². The van der Waals surface area contributed by atoms with Gasteiger partial charge in [0.2, 0.25) is 0 Å². The normalized spacial score (nSPS) is 23.0. The number of hydrogen-bond donors (Lipinski definition) is 1. The molecule has 7 heteroatoms. The van der Waals surface area contributed by atoms with Crippen molar-refractivity contribution in [3.63, 3.8) is 0 Å². The van der Waals surface area contributed by atoms with Crippen LogP contribution in [0.5, 0.6) is 0 Å². The zero-order chi connectivity index (χ0) is 17.9. The van der Waals surface area contributed by atoms with E-state index in [1.165, 1.54) is 0 Å². The summed E-state index contributed by atoms with van der Waals surface area (Å²) in [5, 5.41) is 3.38. The van der Waals surface area contributed by atoms with Crippen LogP contribution in [0.3, 0.4) is 0 Å². The molecule has 0 aliphatic carbocycles. The molecule has 0 amide bonds. The lowest BCUT2D eigenvalue weighted by atomic mass is 9.80. The van der Waals surface area contributed by atoms with Crippen molar-refractivity contribution < 1.29 is 14.0 Å². The Morgan fingerprint density at radius 2 is 1.80 bits per heavy atom. The van der Waals surface area contributed by atoms with Gasteiger partial charge in [-0.3, -0.25) is 4.90 Å². The SMILES string of the molecule is CC1(C)OB(c2ccc(NCCCN3CCOCC3)nc2)OC1(C)C. The number of aromatic nitrogens is 1. The molecule has 3 heterocycles. The molecular weight excluding hydrogens is 317 g/mol. The number of morpholine rings is 1. The van der Waals surface area contributed by atoms with Gasteiger partial charge in [0.25, 0.3) is 0 Å². The Labute approximate surface area is 151 Å². The first-order valence-electron chi connectivity index (χ1n) is 9.23. The number of nitrogens with zero attached hydrogens (tertiary/aromatic N) is 2. The highest BCUT2D eigenvalue weighted by Gasteiger charge is 2.51. The van der Waals surface area contributed by atoms with Crippen molar-refractivity contribution in [3.05, 3.63) is 18.3 Å². The fourth-order valence-electron chi connectivity index (χ4n) is 2.97. The highest BCUT2D eigenvalue weighted by atomic mass is 16.7. The van der Waals surface area contributed by atoms with E-state index < -0.39 is 0 Å². The van der Waals surface area contributed by atoms with E-state index in [0.29, 0.717) is 0 Å². The van der Waals surface area contributed by atoms with Crippen molar-refractivity contribution in [2.24, 2.45) is 0 Å². The topological polar surface area (TPSA) is 55.9 Å². The maximum Gasteiger partial charge on any atom is 0.496 e. The number of nitrogens with one attached hydrogen (secondary N) is 1. The van der Waals surface area contributed by atoms with Crippen molar-refractivity contribution in [1.82, 2.24) is 9.88 Å². The molecule has 2 saturated heterocycles. The van der Waals surface area contributed by atoms with Gasteiger partial charge in [-0.2, -0.15) is 0 Å². The molecule has 138 valence electrons. The molecule has 6 nitrogen and oxygen atoms in total.